The van der Waals surface area contributed by atoms with Crippen LogP contribution >= 0.6 is 0 Å². The molecule has 1 aromatic rings. The third kappa shape index (κ3) is 2.84. The van der Waals surface area contributed by atoms with Gasteiger partial charge in [0.2, 0.25) is 0 Å². The molecule has 0 saturated heterocycles. The van der Waals surface area contributed by atoms with Crippen molar-refractivity contribution in [3.05, 3.63) is 40.0 Å². The SMILES string of the molecule is C/N=C(\NC#N)C1=CC(C)(C)Oc2ccc([N+](=O)[O-])cc21. The van der Waals surface area contributed by atoms with Crippen LogP contribution < -0.4 is 10.1 Å². The highest BCUT2D eigenvalue weighted by Crippen LogP contribution is 2.38. The summed E-state index contributed by atoms with van der Waals surface area (Å²) in [5.74, 6) is 0.861. The molecule has 0 fully saturated rings. The Labute approximate surface area is 121 Å². The summed E-state index contributed by atoms with van der Waals surface area (Å²) in [5.41, 5.74) is 0.488. The highest BCUT2D eigenvalue weighted by Gasteiger charge is 2.30. The number of non-ortho nitro benzene ring substituents is 1. The zero-order valence-electron chi connectivity index (χ0n) is 11.9. The number of ether oxygens (including phenoxy) is 1. The topological polar surface area (TPSA) is 101 Å². The van der Waals surface area contributed by atoms with Crippen molar-refractivity contribution in [3.8, 4) is 11.9 Å². The molecule has 1 N–H and O–H groups in total. The number of nitriles is 1. The number of nitrogens with one attached hydrogen (secondary N) is 1. The van der Waals surface area contributed by atoms with E-state index in [1.807, 2.05) is 20.0 Å². The van der Waals surface area contributed by atoms with Crippen LogP contribution in [0.1, 0.15) is 19.4 Å². The average Bonchev–Trinajstić information content (AvgIpc) is 2.42. The third-order valence-corrected chi connectivity index (χ3v) is 2.98. The van der Waals surface area contributed by atoms with E-state index in [4.69, 9.17) is 10.00 Å². The van der Waals surface area contributed by atoms with Crippen molar-refractivity contribution in [3.63, 3.8) is 0 Å². The number of hydrogen-bond acceptors (Lipinski definition) is 5. The molecule has 0 radical (unpaired) electrons. The number of nitrogens with zero attached hydrogens (tertiary/aromatic N) is 3. The van der Waals surface area contributed by atoms with Gasteiger partial charge in [0.05, 0.1) is 4.92 Å². The summed E-state index contributed by atoms with van der Waals surface area (Å²) in [6.45, 7) is 3.72. The monoisotopic (exact) mass is 286 g/mol. The Morgan fingerprint density at radius 2 is 2.24 bits per heavy atom. The molecule has 1 aliphatic rings. The molecule has 0 bridgehead atoms. The second-order valence-electron chi connectivity index (χ2n) is 5.01. The number of rotatable bonds is 2. The van der Waals surface area contributed by atoms with Gasteiger partial charge in [0.25, 0.3) is 5.69 Å². The molecule has 0 saturated carbocycles. The minimum absolute atomic E-state index is 0.0460. The normalized spacial score (nSPS) is 16.1. The zero-order valence-corrected chi connectivity index (χ0v) is 11.9. The Morgan fingerprint density at radius 3 is 2.81 bits per heavy atom. The van der Waals surface area contributed by atoms with Crippen LogP contribution in [0.4, 0.5) is 5.69 Å². The fraction of sp³-hybridized carbons (Fsp3) is 0.286. The maximum absolute atomic E-state index is 10.9. The molecule has 7 heteroatoms. The number of nitro benzene ring substituents is 1. The standard InChI is InChI=1S/C14H14N4O3/c1-14(2)7-11(13(16-3)17-8-15)10-6-9(18(19)20)4-5-12(10)21-14/h4-7H,1-3H3,(H,16,17). The van der Waals surface area contributed by atoms with Gasteiger partial charge >= 0.3 is 0 Å². The fourth-order valence-electron chi connectivity index (χ4n) is 2.16. The Bertz CT molecular complexity index is 699. The summed E-state index contributed by atoms with van der Waals surface area (Å²) in [4.78, 5) is 14.5. The van der Waals surface area contributed by atoms with Crippen LogP contribution in [0.5, 0.6) is 5.75 Å². The van der Waals surface area contributed by atoms with E-state index in [0.717, 1.165) is 0 Å². The van der Waals surface area contributed by atoms with E-state index in [1.54, 1.807) is 19.2 Å². The van der Waals surface area contributed by atoms with E-state index in [1.165, 1.54) is 12.1 Å². The predicted molar refractivity (Wildman–Crippen MR) is 77.9 cm³/mol. The van der Waals surface area contributed by atoms with E-state index in [2.05, 4.69) is 10.3 Å². The lowest BCUT2D eigenvalue weighted by molar-refractivity contribution is -0.384. The number of hydrogen-bond donors (Lipinski definition) is 1. The number of benzene rings is 1. The number of fused-ring (bicyclic) bond motifs is 1. The van der Waals surface area contributed by atoms with Crippen molar-refractivity contribution in [1.29, 1.82) is 5.26 Å². The fourth-order valence-corrected chi connectivity index (χ4v) is 2.16. The van der Waals surface area contributed by atoms with Crippen LogP contribution in [0.15, 0.2) is 29.3 Å². The first kappa shape index (κ1) is 14.5. The molecule has 0 atom stereocenters. The van der Waals surface area contributed by atoms with Crippen molar-refractivity contribution in [2.24, 2.45) is 4.99 Å². The summed E-state index contributed by atoms with van der Waals surface area (Å²) in [6, 6.07) is 4.36. The molecule has 7 nitrogen and oxygen atoms in total. The van der Waals surface area contributed by atoms with Gasteiger partial charge in [0, 0.05) is 30.3 Å². The van der Waals surface area contributed by atoms with Crippen molar-refractivity contribution < 1.29 is 9.66 Å². The van der Waals surface area contributed by atoms with Crippen molar-refractivity contribution in [2.75, 3.05) is 7.05 Å². The Morgan fingerprint density at radius 1 is 1.52 bits per heavy atom. The predicted octanol–water partition coefficient (Wildman–Crippen LogP) is 2.25. The molecular formula is C14H14N4O3. The molecule has 2 rings (SSSR count). The van der Waals surface area contributed by atoms with Crippen molar-refractivity contribution in [1.82, 2.24) is 5.32 Å². The van der Waals surface area contributed by atoms with Crippen LogP contribution in [0.25, 0.3) is 5.57 Å². The number of nitro groups is 1. The lowest BCUT2D eigenvalue weighted by Crippen LogP contribution is -2.32. The average molecular weight is 286 g/mol. The lowest BCUT2D eigenvalue weighted by atomic mass is 9.93. The summed E-state index contributed by atoms with van der Waals surface area (Å²) < 4.78 is 5.79. The van der Waals surface area contributed by atoms with E-state index < -0.39 is 10.5 Å². The third-order valence-electron chi connectivity index (χ3n) is 2.98. The second-order valence-corrected chi connectivity index (χ2v) is 5.01. The molecule has 21 heavy (non-hydrogen) atoms. The molecule has 0 amide bonds. The van der Waals surface area contributed by atoms with Crippen LogP contribution in [-0.2, 0) is 0 Å². The first-order valence-electron chi connectivity index (χ1n) is 6.21. The maximum atomic E-state index is 10.9. The molecule has 1 aromatic carbocycles. The Balaban J connectivity index is 2.63. The van der Waals surface area contributed by atoms with Gasteiger partial charge in [-0.1, -0.05) is 0 Å². The van der Waals surface area contributed by atoms with E-state index >= 15 is 0 Å². The summed E-state index contributed by atoms with van der Waals surface area (Å²) >= 11 is 0. The van der Waals surface area contributed by atoms with Crippen LogP contribution in [0.2, 0.25) is 0 Å². The van der Waals surface area contributed by atoms with Crippen molar-refractivity contribution >= 4 is 17.1 Å². The van der Waals surface area contributed by atoms with Gasteiger partial charge in [-0.3, -0.25) is 20.4 Å². The molecule has 1 heterocycles. The smallest absolute Gasteiger partial charge is 0.270 e. The van der Waals surface area contributed by atoms with Gasteiger partial charge in [-0.15, -0.1) is 0 Å². The molecular weight excluding hydrogens is 272 g/mol. The van der Waals surface area contributed by atoms with Crippen LogP contribution in [-0.4, -0.2) is 23.4 Å². The van der Waals surface area contributed by atoms with Crippen LogP contribution in [0.3, 0.4) is 0 Å². The summed E-state index contributed by atoms with van der Waals surface area (Å²) in [7, 11) is 1.54. The molecule has 0 spiro atoms. The van der Waals surface area contributed by atoms with Gasteiger partial charge in [-0.05, 0) is 26.0 Å². The van der Waals surface area contributed by atoms with E-state index in [9.17, 15) is 10.1 Å². The van der Waals surface area contributed by atoms with Gasteiger partial charge < -0.3 is 4.74 Å². The summed E-state index contributed by atoms with van der Waals surface area (Å²) in [6.07, 6.45) is 3.60. The quantitative estimate of drug-likeness (QED) is 0.224. The minimum atomic E-state index is -0.606. The van der Waals surface area contributed by atoms with Crippen molar-refractivity contribution in [2.45, 2.75) is 19.4 Å². The van der Waals surface area contributed by atoms with Gasteiger partial charge in [-0.25, -0.2) is 0 Å². The van der Waals surface area contributed by atoms with Gasteiger partial charge in [0.1, 0.15) is 17.2 Å². The largest absolute Gasteiger partial charge is 0.483 e. The first-order chi connectivity index (χ1) is 9.88. The zero-order chi connectivity index (χ0) is 15.6. The molecule has 1 aliphatic heterocycles. The number of amidine groups is 1. The maximum Gasteiger partial charge on any atom is 0.270 e. The van der Waals surface area contributed by atoms with E-state index in [0.29, 0.717) is 22.7 Å². The van der Waals surface area contributed by atoms with Gasteiger partial charge in [0.15, 0.2) is 6.19 Å². The lowest BCUT2D eigenvalue weighted by Gasteiger charge is -2.31. The Hall–Kier alpha value is -2.88. The minimum Gasteiger partial charge on any atom is -0.483 e. The molecule has 0 aromatic heterocycles. The summed E-state index contributed by atoms with van der Waals surface area (Å²) in [5, 5.41) is 22.2. The second kappa shape index (κ2) is 5.25. The Kier molecular flexibility index (Phi) is 3.63. The molecule has 0 unspecified atom stereocenters. The highest BCUT2D eigenvalue weighted by atomic mass is 16.6. The van der Waals surface area contributed by atoms with Gasteiger partial charge in [-0.2, -0.15) is 5.26 Å². The van der Waals surface area contributed by atoms with Crippen LogP contribution in [0, 0.1) is 21.6 Å². The molecule has 108 valence electrons. The molecule has 0 aliphatic carbocycles. The highest BCUT2D eigenvalue weighted by molar-refractivity contribution is 6.24. The number of aliphatic imine (C=N–C) groups is 1. The van der Waals surface area contributed by atoms with E-state index in [-0.39, 0.29) is 5.69 Å². The first-order valence-corrected chi connectivity index (χ1v) is 6.21.